The van der Waals surface area contributed by atoms with Gasteiger partial charge in [-0.05, 0) is 49.4 Å². The van der Waals surface area contributed by atoms with E-state index in [9.17, 15) is 5.26 Å². The smallest absolute Gasteiger partial charge is 0.0983 e. The minimum absolute atomic E-state index is 0.120. The molecule has 2 aliphatic carbocycles. The summed E-state index contributed by atoms with van der Waals surface area (Å²) in [7, 11) is 0. The highest BCUT2D eigenvalue weighted by Crippen LogP contribution is 2.39. The lowest BCUT2D eigenvalue weighted by Crippen LogP contribution is -2.35. The van der Waals surface area contributed by atoms with E-state index in [1.165, 1.54) is 51.4 Å². The summed E-state index contributed by atoms with van der Waals surface area (Å²) >= 11 is 0. The molecule has 0 aromatic carbocycles. The van der Waals surface area contributed by atoms with Gasteiger partial charge in [-0.2, -0.15) is 0 Å². The van der Waals surface area contributed by atoms with E-state index in [2.05, 4.69) is 13.8 Å². The zero-order valence-corrected chi connectivity index (χ0v) is 11.4. The van der Waals surface area contributed by atoms with E-state index >= 15 is 0 Å². The van der Waals surface area contributed by atoms with Crippen LogP contribution in [0.25, 0.3) is 0 Å². The number of hydrogen-bond donors (Lipinski definition) is 1. The van der Waals surface area contributed by atoms with Gasteiger partial charge in [-0.1, -0.05) is 39.5 Å². The quantitative estimate of drug-likeness (QED) is 0.581. The van der Waals surface area contributed by atoms with Crippen molar-refractivity contribution in [2.24, 2.45) is 23.7 Å². The maximum absolute atomic E-state index is 9.26. The van der Waals surface area contributed by atoms with Gasteiger partial charge in [0, 0.05) is 0 Å². The monoisotopic (exact) mass is 240 g/mol. The van der Waals surface area contributed by atoms with Crippen LogP contribution in [0.1, 0.15) is 65.2 Å². The van der Waals surface area contributed by atoms with Gasteiger partial charge < -0.3 is 0 Å². The van der Waals surface area contributed by atoms with Crippen molar-refractivity contribution < 1.29 is 10.1 Å². The maximum atomic E-state index is 9.26. The molecular formula is C15H28O2. The SMILES string of the molecule is CC1CCC(C(OO)C2CCC(C)CC2)CC1. The standard InChI is InChI=1S/C15H28O2/c1-11-3-7-13(8-4-11)15(17-16)14-9-5-12(2)6-10-14/h11-16H,3-10H2,1-2H3. The summed E-state index contributed by atoms with van der Waals surface area (Å²) in [6.07, 6.45) is 10.4. The van der Waals surface area contributed by atoms with E-state index in [0.29, 0.717) is 11.8 Å². The van der Waals surface area contributed by atoms with Gasteiger partial charge >= 0.3 is 0 Å². The maximum Gasteiger partial charge on any atom is 0.0983 e. The molecule has 0 unspecified atom stereocenters. The topological polar surface area (TPSA) is 29.5 Å². The number of hydrogen-bond acceptors (Lipinski definition) is 2. The summed E-state index contributed by atoms with van der Waals surface area (Å²) in [6.45, 7) is 4.68. The first kappa shape index (κ1) is 13.4. The van der Waals surface area contributed by atoms with E-state index < -0.39 is 0 Å². The molecule has 0 atom stereocenters. The van der Waals surface area contributed by atoms with Crippen LogP contribution in [0, 0.1) is 23.7 Å². The summed E-state index contributed by atoms with van der Waals surface area (Å²) < 4.78 is 0. The molecule has 0 spiro atoms. The van der Waals surface area contributed by atoms with Crippen LogP contribution in [0.2, 0.25) is 0 Å². The molecule has 0 radical (unpaired) electrons. The molecule has 0 aliphatic heterocycles. The molecular weight excluding hydrogens is 212 g/mol. The lowest BCUT2D eigenvalue weighted by Gasteiger charge is -2.37. The second-order valence-corrected chi connectivity index (χ2v) is 6.61. The Morgan fingerprint density at radius 3 is 1.41 bits per heavy atom. The van der Waals surface area contributed by atoms with Crippen LogP contribution >= 0.6 is 0 Å². The third kappa shape index (κ3) is 3.45. The average Bonchev–Trinajstić information content (AvgIpc) is 2.35. The molecule has 2 fully saturated rings. The van der Waals surface area contributed by atoms with E-state index in [1.807, 2.05) is 0 Å². The third-order valence-electron chi connectivity index (χ3n) is 5.17. The highest BCUT2D eigenvalue weighted by atomic mass is 17.1. The largest absolute Gasteiger partial charge is 0.252 e. The zero-order chi connectivity index (χ0) is 12.3. The van der Waals surface area contributed by atoms with Gasteiger partial charge in [0.2, 0.25) is 0 Å². The Balaban J connectivity index is 1.87. The molecule has 100 valence electrons. The van der Waals surface area contributed by atoms with Crippen molar-refractivity contribution >= 4 is 0 Å². The van der Waals surface area contributed by atoms with Crippen LogP contribution in [0.15, 0.2) is 0 Å². The van der Waals surface area contributed by atoms with E-state index in [-0.39, 0.29) is 6.10 Å². The second kappa shape index (κ2) is 6.19. The van der Waals surface area contributed by atoms with Crippen molar-refractivity contribution in [1.29, 1.82) is 0 Å². The van der Waals surface area contributed by atoms with Crippen LogP contribution in [-0.4, -0.2) is 11.4 Å². The van der Waals surface area contributed by atoms with Crippen molar-refractivity contribution in [2.75, 3.05) is 0 Å². The predicted octanol–water partition coefficient (Wildman–Crippen LogP) is 4.50. The molecule has 0 aromatic heterocycles. The number of rotatable bonds is 3. The minimum Gasteiger partial charge on any atom is -0.252 e. The molecule has 17 heavy (non-hydrogen) atoms. The lowest BCUT2D eigenvalue weighted by molar-refractivity contribution is -0.306. The Kier molecular flexibility index (Phi) is 4.87. The van der Waals surface area contributed by atoms with Crippen LogP contribution in [0.5, 0.6) is 0 Å². The first-order valence-electron chi connectivity index (χ1n) is 7.51. The van der Waals surface area contributed by atoms with Crippen molar-refractivity contribution in [3.05, 3.63) is 0 Å². The summed E-state index contributed by atoms with van der Waals surface area (Å²) in [5.74, 6) is 2.96. The molecule has 0 amide bonds. The fourth-order valence-electron chi connectivity index (χ4n) is 3.79. The van der Waals surface area contributed by atoms with Crippen LogP contribution < -0.4 is 0 Å². The van der Waals surface area contributed by atoms with Gasteiger partial charge in [-0.25, -0.2) is 4.89 Å². The summed E-state index contributed by atoms with van der Waals surface area (Å²) in [5.41, 5.74) is 0. The van der Waals surface area contributed by atoms with Crippen molar-refractivity contribution in [2.45, 2.75) is 71.3 Å². The zero-order valence-electron chi connectivity index (χ0n) is 11.4. The first-order valence-corrected chi connectivity index (χ1v) is 7.51. The molecule has 0 heterocycles. The molecule has 2 rings (SSSR count). The molecule has 1 N–H and O–H groups in total. The molecule has 0 saturated heterocycles. The Hall–Kier alpha value is -0.0800. The summed E-state index contributed by atoms with van der Waals surface area (Å²) in [4.78, 5) is 4.90. The van der Waals surface area contributed by atoms with Gasteiger partial charge in [0.15, 0.2) is 0 Å². The van der Waals surface area contributed by atoms with E-state index in [4.69, 9.17) is 4.89 Å². The fraction of sp³-hybridized carbons (Fsp3) is 1.00. The average molecular weight is 240 g/mol. The van der Waals surface area contributed by atoms with E-state index in [1.54, 1.807) is 0 Å². The molecule has 0 aromatic rings. The third-order valence-corrected chi connectivity index (χ3v) is 5.17. The van der Waals surface area contributed by atoms with Crippen LogP contribution in [-0.2, 0) is 4.89 Å². The van der Waals surface area contributed by atoms with Gasteiger partial charge in [-0.15, -0.1) is 0 Å². The Morgan fingerprint density at radius 1 is 0.765 bits per heavy atom. The normalized spacial score (nSPS) is 41.1. The molecule has 2 heteroatoms. The van der Waals surface area contributed by atoms with Crippen LogP contribution in [0.3, 0.4) is 0 Å². The second-order valence-electron chi connectivity index (χ2n) is 6.61. The van der Waals surface area contributed by atoms with Gasteiger partial charge in [0.25, 0.3) is 0 Å². The van der Waals surface area contributed by atoms with E-state index in [0.717, 1.165) is 11.8 Å². The van der Waals surface area contributed by atoms with Gasteiger partial charge in [-0.3, -0.25) is 5.26 Å². The highest BCUT2D eigenvalue weighted by Gasteiger charge is 2.34. The molecule has 2 nitrogen and oxygen atoms in total. The highest BCUT2D eigenvalue weighted by molar-refractivity contribution is 4.84. The summed E-state index contributed by atoms with van der Waals surface area (Å²) in [5, 5.41) is 9.26. The van der Waals surface area contributed by atoms with Crippen molar-refractivity contribution in [1.82, 2.24) is 0 Å². The predicted molar refractivity (Wildman–Crippen MR) is 69.7 cm³/mol. The first-order chi connectivity index (χ1) is 8.20. The Bertz CT molecular complexity index is 191. The fourth-order valence-corrected chi connectivity index (χ4v) is 3.79. The summed E-state index contributed by atoms with van der Waals surface area (Å²) in [6, 6.07) is 0. The Labute approximate surface area is 106 Å². The molecule has 0 bridgehead atoms. The minimum atomic E-state index is 0.120. The van der Waals surface area contributed by atoms with Crippen molar-refractivity contribution in [3.8, 4) is 0 Å². The Morgan fingerprint density at radius 2 is 1.12 bits per heavy atom. The lowest BCUT2D eigenvalue weighted by atomic mass is 9.72. The van der Waals surface area contributed by atoms with Gasteiger partial charge in [0.05, 0.1) is 6.10 Å². The molecule has 2 aliphatic rings. The van der Waals surface area contributed by atoms with Crippen LogP contribution in [0.4, 0.5) is 0 Å². The van der Waals surface area contributed by atoms with Gasteiger partial charge in [0.1, 0.15) is 0 Å². The van der Waals surface area contributed by atoms with Crippen molar-refractivity contribution in [3.63, 3.8) is 0 Å². The molecule has 2 saturated carbocycles.